The first kappa shape index (κ1) is 14.6. The lowest BCUT2D eigenvalue weighted by Crippen LogP contribution is -2.48. The molecule has 1 atom stereocenters. The fraction of sp³-hybridized carbons (Fsp3) is 0.571. The predicted molar refractivity (Wildman–Crippen MR) is 77.9 cm³/mol. The fourth-order valence-corrected chi connectivity index (χ4v) is 2.69. The van der Waals surface area contributed by atoms with Gasteiger partial charge < -0.3 is 20.1 Å². The van der Waals surface area contributed by atoms with Crippen LogP contribution >= 0.6 is 11.6 Å². The fourth-order valence-electron chi connectivity index (χ4n) is 2.38. The number of halogens is 1. The van der Waals surface area contributed by atoms with Gasteiger partial charge in [0.05, 0.1) is 36.6 Å². The molecule has 1 fully saturated rings. The number of benzene rings is 1. The normalized spacial score (nSPS) is 19.7. The maximum atomic E-state index is 9.50. The first-order valence-electron chi connectivity index (χ1n) is 6.71. The Morgan fingerprint density at radius 2 is 2.37 bits per heavy atom. The smallest absolute Gasteiger partial charge is 0.0756 e. The zero-order valence-corrected chi connectivity index (χ0v) is 12.0. The Hall–Kier alpha value is -0.810. The van der Waals surface area contributed by atoms with Gasteiger partial charge in [0.15, 0.2) is 0 Å². The summed E-state index contributed by atoms with van der Waals surface area (Å²) in [6.45, 7) is 5.82. The average molecular weight is 285 g/mol. The maximum Gasteiger partial charge on any atom is 0.0756 e. The first-order valence-corrected chi connectivity index (χ1v) is 7.09. The van der Waals surface area contributed by atoms with E-state index in [-0.39, 0.29) is 12.6 Å². The van der Waals surface area contributed by atoms with E-state index in [1.165, 1.54) is 0 Å². The monoisotopic (exact) mass is 284 g/mol. The van der Waals surface area contributed by atoms with Crippen molar-refractivity contribution >= 4 is 17.3 Å². The SMILES string of the molecule is CCNCc1cccc(Cl)c1N1CCOCC1CO. The third kappa shape index (κ3) is 3.39. The number of morpholine rings is 1. The van der Waals surface area contributed by atoms with Crippen molar-refractivity contribution in [3.05, 3.63) is 28.8 Å². The molecule has 1 aromatic carbocycles. The number of aliphatic hydroxyl groups excluding tert-OH is 1. The number of nitrogens with zero attached hydrogens (tertiary/aromatic N) is 1. The van der Waals surface area contributed by atoms with E-state index in [4.69, 9.17) is 16.3 Å². The molecule has 0 saturated carbocycles. The van der Waals surface area contributed by atoms with E-state index < -0.39 is 0 Å². The minimum absolute atomic E-state index is 0.0194. The molecule has 19 heavy (non-hydrogen) atoms. The van der Waals surface area contributed by atoms with Crippen molar-refractivity contribution in [2.24, 2.45) is 0 Å². The van der Waals surface area contributed by atoms with Crippen molar-refractivity contribution in [2.75, 3.05) is 37.8 Å². The van der Waals surface area contributed by atoms with E-state index in [0.29, 0.717) is 13.2 Å². The number of aliphatic hydroxyl groups is 1. The Balaban J connectivity index is 2.30. The molecule has 4 nitrogen and oxygen atoms in total. The zero-order chi connectivity index (χ0) is 13.7. The Kier molecular flexibility index (Phi) is 5.45. The van der Waals surface area contributed by atoms with Gasteiger partial charge in [-0.1, -0.05) is 30.7 Å². The van der Waals surface area contributed by atoms with Gasteiger partial charge in [-0.05, 0) is 18.2 Å². The van der Waals surface area contributed by atoms with Gasteiger partial charge in [0.25, 0.3) is 0 Å². The molecule has 1 aliphatic rings. The summed E-state index contributed by atoms with van der Waals surface area (Å²) in [6, 6.07) is 5.92. The molecule has 0 aliphatic carbocycles. The van der Waals surface area contributed by atoms with Crippen LogP contribution in [0, 0.1) is 0 Å². The average Bonchev–Trinajstić information content (AvgIpc) is 2.45. The van der Waals surface area contributed by atoms with E-state index in [2.05, 4.69) is 23.2 Å². The second kappa shape index (κ2) is 7.10. The van der Waals surface area contributed by atoms with Gasteiger partial charge >= 0.3 is 0 Å². The summed E-state index contributed by atoms with van der Waals surface area (Å²) in [5.74, 6) is 0. The van der Waals surface area contributed by atoms with Crippen molar-refractivity contribution in [2.45, 2.75) is 19.5 Å². The molecule has 0 aromatic heterocycles. The summed E-state index contributed by atoms with van der Waals surface area (Å²) >= 11 is 6.37. The van der Waals surface area contributed by atoms with Gasteiger partial charge in [-0.2, -0.15) is 0 Å². The number of hydrogen-bond donors (Lipinski definition) is 2. The molecular weight excluding hydrogens is 264 g/mol. The van der Waals surface area contributed by atoms with Gasteiger partial charge in [-0.15, -0.1) is 0 Å². The first-order chi connectivity index (χ1) is 9.27. The summed E-state index contributed by atoms with van der Waals surface area (Å²) in [5, 5.41) is 13.6. The lowest BCUT2D eigenvalue weighted by molar-refractivity contribution is 0.0726. The summed E-state index contributed by atoms with van der Waals surface area (Å²) in [5.41, 5.74) is 2.18. The highest BCUT2D eigenvalue weighted by Crippen LogP contribution is 2.32. The van der Waals surface area contributed by atoms with Crippen molar-refractivity contribution in [3.8, 4) is 0 Å². The predicted octanol–water partition coefficient (Wildman–Crippen LogP) is 1.65. The lowest BCUT2D eigenvalue weighted by atomic mass is 10.1. The van der Waals surface area contributed by atoms with Crippen LogP contribution in [-0.4, -0.2) is 44.1 Å². The van der Waals surface area contributed by atoms with Crippen molar-refractivity contribution in [3.63, 3.8) is 0 Å². The molecule has 1 saturated heterocycles. The van der Waals surface area contributed by atoms with Crippen molar-refractivity contribution < 1.29 is 9.84 Å². The van der Waals surface area contributed by atoms with Gasteiger partial charge in [0, 0.05) is 13.1 Å². The summed E-state index contributed by atoms with van der Waals surface area (Å²) in [4.78, 5) is 2.17. The van der Waals surface area contributed by atoms with Crippen molar-refractivity contribution in [1.29, 1.82) is 0 Å². The van der Waals surface area contributed by atoms with Crippen LogP contribution in [0.1, 0.15) is 12.5 Å². The molecule has 2 N–H and O–H groups in total. The van der Waals surface area contributed by atoms with Crippen LogP contribution in [0.3, 0.4) is 0 Å². The molecule has 0 bridgehead atoms. The van der Waals surface area contributed by atoms with Gasteiger partial charge in [0.2, 0.25) is 0 Å². The highest BCUT2D eigenvalue weighted by Gasteiger charge is 2.25. The van der Waals surface area contributed by atoms with Crippen LogP contribution in [0.4, 0.5) is 5.69 Å². The van der Waals surface area contributed by atoms with E-state index in [1.54, 1.807) is 0 Å². The van der Waals surface area contributed by atoms with E-state index in [1.807, 2.05) is 12.1 Å². The van der Waals surface area contributed by atoms with E-state index in [9.17, 15) is 5.11 Å². The Morgan fingerprint density at radius 3 is 3.11 bits per heavy atom. The Labute approximate surface area is 119 Å². The van der Waals surface area contributed by atoms with Crippen LogP contribution in [0.2, 0.25) is 5.02 Å². The third-order valence-corrected chi connectivity index (χ3v) is 3.67. The maximum absolute atomic E-state index is 9.50. The van der Waals surface area contributed by atoms with Crippen LogP contribution in [0.15, 0.2) is 18.2 Å². The molecule has 106 valence electrons. The topological polar surface area (TPSA) is 44.7 Å². The van der Waals surface area contributed by atoms with Crippen LogP contribution in [-0.2, 0) is 11.3 Å². The molecule has 0 spiro atoms. The molecule has 1 unspecified atom stereocenters. The number of rotatable bonds is 5. The van der Waals surface area contributed by atoms with E-state index >= 15 is 0 Å². The molecule has 1 aromatic rings. The molecule has 1 heterocycles. The second-order valence-electron chi connectivity index (χ2n) is 4.63. The quantitative estimate of drug-likeness (QED) is 0.863. The number of ether oxygens (including phenoxy) is 1. The molecular formula is C14H21ClN2O2. The minimum atomic E-state index is -0.0194. The Morgan fingerprint density at radius 1 is 1.53 bits per heavy atom. The largest absolute Gasteiger partial charge is 0.394 e. The van der Waals surface area contributed by atoms with E-state index in [0.717, 1.165) is 35.9 Å². The number of nitrogens with one attached hydrogen (secondary N) is 1. The summed E-state index contributed by atoms with van der Waals surface area (Å²) in [6.07, 6.45) is 0. The van der Waals surface area contributed by atoms with Crippen molar-refractivity contribution in [1.82, 2.24) is 5.32 Å². The zero-order valence-electron chi connectivity index (χ0n) is 11.2. The molecule has 0 amide bonds. The van der Waals surface area contributed by atoms with Gasteiger partial charge in [0.1, 0.15) is 0 Å². The number of para-hydroxylation sites is 1. The van der Waals surface area contributed by atoms with Crippen LogP contribution in [0.5, 0.6) is 0 Å². The molecule has 2 rings (SSSR count). The number of anilines is 1. The molecule has 5 heteroatoms. The number of hydrogen-bond acceptors (Lipinski definition) is 4. The third-order valence-electron chi connectivity index (χ3n) is 3.36. The minimum Gasteiger partial charge on any atom is -0.394 e. The highest BCUT2D eigenvalue weighted by molar-refractivity contribution is 6.33. The van der Waals surface area contributed by atoms with Crippen LogP contribution in [0.25, 0.3) is 0 Å². The molecule has 1 aliphatic heterocycles. The summed E-state index contributed by atoms with van der Waals surface area (Å²) < 4.78 is 5.43. The van der Waals surface area contributed by atoms with Gasteiger partial charge in [-0.25, -0.2) is 0 Å². The lowest BCUT2D eigenvalue weighted by Gasteiger charge is -2.38. The highest BCUT2D eigenvalue weighted by atomic mass is 35.5. The standard InChI is InChI=1S/C14H21ClN2O2/c1-2-16-8-11-4-3-5-13(15)14(11)17-6-7-19-10-12(17)9-18/h3-5,12,16,18H,2,6-10H2,1H3. The second-order valence-corrected chi connectivity index (χ2v) is 5.04. The van der Waals surface area contributed by atoms with Gasteiger partial charge in [-0.3, -0.25) is 0 Å². The molecule has 0 radical (unpaired) electrons. The summed E-state index contributed by atoms with van der Waals surface area (Å²) in [7, 11) is 0. The Bertz CT molecular complexity index is 414. The van der Waals surface area contributed by atoms with Crippen LogP contribution < -0.4 is 10.2 Å².